The van der Waals surface area contributed by atoms with Gasteiger partial charge in [0.2, 0.25) is 0 Å². The Balaban J connectivity index is 1.39. The highest BCUT2D eigenvalue weighted by Gasteiger charge is 2.47. The first-order chi connectivity index (χ1) is 11.3. The van der Waals surface area contributed by atoms with Crippen molar-refractivity contribution in [2.45, 2.75) is 44.3 Å². The highest BCUT2D eigenvalue weighted by Crippen LogP contribution is 2.28. The summed E-state index contributed by atoms with van der Waals surface area (Å²) in [6, 6.07) is 10.4. The molecule has 3 saturated heterocycles. The molecule has 3 atom stereocenters. The van der Waals surface area contributed by atoms with E-state index in [2.05, 4.69) is 29.2 Å². The number of rotatable bonds is 3. The Bertz CT molecular complexity index is 544. The summed E-state index contributed by atoms with van der Waals surface area (Å²) in [5.74, 6) is 0.124. The topological polar surface area (TPSA) is 42.0 Å². The normalized spacial score (nSPS) is 31.3. The van der Waals surface area contributed by atoms with E-state index in [-0.39, 0.29) is 18.3 Å². The van der Waals surface area contributed by atoms with Crippen molar-refractivity contribution in [3.63, 3.8) is 0 Å². The standard InChI is InChI=1S/C18H24N2O3/c21-18(20-9-5-2-6-10-20)17-15-12-19(13-16(22-15)23-17)11-14-7-3-1-4-8-14/h1,3-4,7-8,15-17H,2,5-6,9-13H2/t15-,16-,17+/m0/s1. The lowest BCUT2D eigenvalue weighted by Crippen LogP contribution is -2.49. The summed E-state index contributed by atoms with van der Waals surface area (Å²) >= 11 is 0. The van der Waals surface area contributed by atoms with Crippen molar-refractivity contribution in [2.24, 2.45) is 0 Å². The van der Waals surface area contributed by atoms with E-state index in [0.29, 0.717) is 0 Å². The van der Waals surface area contributed by atoms with Crippen molar-refractivity contribution in [3.05, 3.63) is 35.9 Å². The molecule has 5 heteroatoms. The first-order valence-corrected chi connectivity index (χ1v) is 8.65. The number of fused-ring (bicyclic) bond motifs is 2. The van der Waals surface area contributed by atoms with Gasteiger partial charge < -0.3 is 14.4 Å². The van der Waals surface area contributed by atoms with Gasteiger partial charge in [-0.1, -0.05) is 30.3 Å². The second kappa shape index (κ2) is 6.59. The van der Waals surface area contributed by atoms with Crippen LogP contribution in [0.25, 0.3) is 0 Å². The molecule has 3 fully saturated rings. The number of carbonyl (C=O) groups is 1. The third-order valence-corrected chi connectivity index (χ3v) is 4.97. The smallest absolute Gasteiger partial charge is 0.254 e. The summed E-state index contributed by atoms with van der Waals surface area (Å²) in [7, 11) is 0. The minimum atomic E-state index is -0.418. The minimum Gasteiger partial charge on any atom is -0.343 e. The first-order valence-electron chi connectivity index (χ1n) is 8.65. The summed E-state index contributed by atoms with van der Waals surface area (Å²) < 4.78 is 11.8. The van der Waals surface area contributed by atoms with E-state index in [1.54, 1.807) is 0 Å². The number of amides is 1. The zero-order valence-corrected chi connectivity index (χ0v) is 13.4. The molecule has 1 aromatic carbocycles. The number of nitrogens with zero attached hydrogens (tertiary/aromatic N) is 2. The van der Waals surface area contributed by atoms with Gasteiger partial charge in [-0.25, -0.2) is 0 Å². The summed E-state index contributed by atoms with van der Waals surface area (Å²) in [6.45, 7) is 4.10. The molecule has 5 nitrogen and oxygen atoms in total. The van der Waals surface area contributed by atoms with Gasteiger partial charge in [0.15, 0.2) is 12.4 Å². The minimum absolute atomic E-state index is 0.124. The summed E-state index contributed by atoms with van der Waals surface area (Å²) in [6.07, 6.45) is 2.62. The van der Waals surface area contributed by atoms with Crippen molar-refractivity contribution in [1.82, 2.24) is 9.80 Å². The average Bonchev–Trinajstić information content (AvgIpc) is 2.90. The molecule has 1 aromatic rings. The predicted octanol–water partition coefficient (Wildman–Crippen LogP) is 1.62. The van der Waals surface area contributed by atoms with Crippen LogP contribution >= 0.6 is 0 Å². The number of carbonyl (C=O) groups excluding carboxylic acids is 1. The van der Waals surface area contributed by atoms with Crippen LogP contribution in [0.4, 0.5) is 0 Å². The number of likely N-dealkylation sites (tertiary alicyclic amines) is 1. The number of hydrogen-bond acceptors (Lipinski definition) is 4. The molecule has 0 saturated carbocycles. The van der Waals surface area contributed by atoms with Crippen LogP contribution < -0.4 is 0 Å². The molecule has 124 valence electrons. The number of benzene rings is 1. The summed E-state index contributed by atoms with van der Waals surface area (Å²) in [4.78, 5) is 17.0. The molecular formula is C18H24N2O3. The van der Waals surface area contributed by atoms with Crippen LogP contribution in [0.3, 0.4) is 0 Å². The molecule has 0 aromatic heterocycles. The molecule has 0 spiro atoms. The number of hydrogen-bond donors (Lipinski definition) is 0. The highest BCUT2D eigenvalue weighted by atomic mass is 16.7. The van der Waals surface area contributed by atoms with Crippen LogP contribution in [0.1, 0.15) is 24.8 Å². The zero-order chi connectivity index (χ0) is 15.6. The molecule has 3 aliphatic heterocycles. The molecule has 0 unspecified atom stereocenters. The van der Waals surface area contributed by atoms with Crippen molar-refractivity contribution in [3.8, 4) is 0 Å². The van der Waals surface area contributed by atoms with Crippen LogP contribution in [0.15, 0.2) is 30.3 Å². The Morgan fingerprint density at radius 3 is 2.61 bits per heavy atom. The van der Waals surface area contributed by atoms with Gasteiger partial charge in [0.25, 0.3) is 5.91 Å². The molecular weight excluding hydrogens is 292 g/mol. The first kappa shape index (κ1) is 15.1. The van der Waals surface area contributed by atoms with Crippen molar-refractivity contribution in [2.75, 3.05) is 26.2 Å². The lowest BCUT2D eigenvalue weighted by Gasteiger charge is -2.32. The van der Waals surface area contributed by atoms with Gasteiger partial charge in [0.05, 0.1) is 6.54 Å². The Hall–Kier alpha value is -1.43. The van der Waals surface area contributed by atoms with Gasteiger partial charge >= 0.3 is 0 Å². The second-order valence-electron chi connectivity index (χ2n) is 6.73. The van der Waals surface area contributed by atoms with Gasteiger partial charge in [0, 0.05) is 26.2 Å². The number of piperidine rings is 1. The average molecular weight is 316 g/mol. The zero-order valence-electron chi connectivity index (χ0n) is 13.4. The van der Waals surface area contributed by atoms with Crippen molar-refractivity contribution < 1.29 is 14.3 Å². The van der Waals surface area contributed by atoms with E-state index in [4.69, 9.17) is 9.47 Å². The summed E-state index contributed by atoms with van der Waals surface area (Å²) in [5.41, 5.74) is 1.28. The third-order valence-electron chi connectivity index (χ3n) is 4.97. The number of ether oxygens (including phenoxy) is 2. The molecule has 0 aliphatic carbocycles. The van der Waals surface area contributed by atoms with Gasteiger partial charge in [-0.3, -0.25) is 9.69 Å². The Morgan fingerprint density at radius 1 is 1.04 bits per heavy atom. The lowest BCUT2D eigenvalue weighted by atomic mass is 10.1. The van der Waals surface area contributed by atoms with Gasteiger partial charge in [-0.2, -0.15) is 0 Å². The number of morpholine rings is 1. The molecule has 2 bridgehead atoms. The van der Waals surface area contributed by atoms with E-state index in [1.807, 2.05) is 11.0 Å². The monoisotopic (exact) mass is 316 g/mol. The third kappa shape index (κ3) is 3.27. The maximum atomic E-state index is 12.7. The van der Waals surface area contributed by atoms with E-state index in [0.717, 1.165) is 45.6 Å². The largest absolute Gasteiger partial charge is 0.343 e. The molecule has 0 N–H and O–H groups in total. The maximum absolute atomic E-state index is 12.7. The van der Waals surface area contributed by atoms with E-state index >= 15 is 0 Å². The van der Waals surface area contributed by atoms with E-state index in [9.17, 15) is 4.79 Å². The molecule has 0 radical (unpaired) electrons. The quantitative estimate of drug-likeness (QED) is 0.850. The Morgan fingerprint density at radius 2 is 1.83 bits per heavy atom. The van der Waals surface area contributed by atoms with Crippen LogP contribution in [0.2, 0.25) is 0 Å². The maximum Gasteiger partial charge on any atom is 0.254 e. The van der Waals surface area contributed by atoms with E-state index in [1.165, 1.54) is 12.0 Å². The fourth-order valence-electron chi connectivity index (χ4n) is 3.80. The van der Waals surface area contributed by atoms with Gasteiger partial charge in [-0.05, 0) is 24.8 Å². The molecule has 1 amide bonds. The van der Waals surface area contributed by atoms with Crippen molar-refractivity contribution in [1.29, 1.82) is 0 Å². The van der Waals surface area contributed by atoms with Crippen LogP contribution in [-0.2, 0) is 20.8 Å². The van der Waals surface area contributed by atoms with Crippen LogP contribution in [0.5, 0.6) is 0 Å². The van der Waals surface area contributed by atoms with Crippen molar-refractivity contribution >= 4 is 5.91 Å². The van der Waals surface area contributed by atoms with Gasteiger partial charge in [-0.15, -0.1) is 0 Å². The fraction of sp³-hybridized carbons (Fsp3) is 0.611. The highest BCUT2D eigenvalue weighted by molar-refractivity contribution is 5.82. The molecule has 4 rings (SSSR count). The SMILES string of the molecule is O=C([C@@H]1O[C@H]2CN(Cc3ccccc3)C[C@@H]1O2)N1CCCCC1. The lowest BCUT2D eigenvalue weighted by molar-refractivity contribution is -0.145. The van der Waals surface area contributed by atoms with Gasteiger partial charge in [0.1, 0.15) is 6.10 Å². The molecule has 23 heavy (non-hydrogen) atoms. The van der Waals surface area contributed by atoms with Crippen LogP contribution in [0, 0.1) is 0 Å². The predicted molar refractivity (Wildman–Crippen MR) is 85.7 cm³/mol. The summed E-state index contributed by atoms with van der Waals surface area (Å²) in [5, 5.41) is 0. The Kier molecular flexibility index (Phi) is 4.33. The van der Waals surface area contributed by atoms with Crippen LogP contribution in [-0.4, -0.2) is 60.4 Å². The second-order valence-corrected chi connectivity index (χ2v) is 6.73. The fourth-order valence-corrected chi connectivity index (χ4v) is 3.80. The molecule has 3 aliphatic rings. The van der Waals surface area contributed by atoms with E-state index < -0.39 is 6.10 Å². The molecule has 3 heterocycles. The Labute approximate surface area is 137 Å².